The molecule has 0 N–H and O–H groups in total. The van der Waals surface area contributed by atoms with Gasteiger partial charge in [-0.25, -0.2) is 0 Å². The van der Waals surface area contributed by atoms with Crippen molar-refractivity contribution >= 4 is 5.97 Å². The minimum absolute atomic E-state index is 0.0167. The van der Waals surface area contributed by atoms with Gasteiger partial charge in [0.05, 0.1) is 0 Å². The lowest BCUT2D eigenvalue weighted by molar-refractivity contribution is -0.304. The summed E-state index contributed by atoms with van der Waals surface area (Å²) >= 11 is 0. The van der Waals surface area contributed by atoms with Gasteiger partial charge in [-0.3, -0.25) is 0 Å². The molecule has 1 aromatic rings. The summed E-state index contributed by atoms with van der Waals surface area (Å²) in [5, 5.41) is 10.5. The number of hydrogen-bond donors (Lipinski definition) is 0. The molecule has 0 saturated carbocycles. The molecule has 0 aliphatic carbocycles. The van der Waals surface area contributed by atoms with E-state index in [-0.39, 0.29) is 6.42 Å². The Morgan fingerprint density at radius 3 is 2.62 bits per heavy atom. The Morgan fingerprint density at radius 2 is 1.94 bits per heavy atom. The van der Waals surface area contributed by atoms with Crippen LogP contribution >= 0.6 is 0 Å². The summed E-state index contributed by atoms with van der Waals surface area (Å²) in [4.78, 5) is 10.5. The average molecular weight is 219 g/mol. The summed E-state index contributed by atoms with van der Waals surface area (Å²) in [6.07, 6.45) is 6.01. The zero-order valence-corrected chi connectivity index (χ0v) is 9.87. The first-order valence-electron chi connectivity index (χ1n) is 6.00. The second kappa shape index (κ2) is 7.04. The molecule has 16 heavy (non-hydrogen) atoms. The molecule has 0 spiro atoms. The Bertz CT molecular complexity index is 331. The second-order valence-electron chi connectivity index (χ2n) is 4.18. The molecule has 0 aliphatic rings. The van der Waals surface area contributed by atoms with Crippen molar-refractivity contribution in [2.24, 2.45) is 0 Å². The molecule has 0 bridgehead atoms. The fourth-order valence-electron chi connectivity index (χ4n) is 1.82. The average Bonchev–Trinajstić information content (AvgIpc) is 2.24. The summed E-state index contributed by atoms with van der Waals surface area (Å²) < 4.78 is 0. The van der Waals surface area contributed by atoms with Gasteiger partial charge in [0.15, 0.2) is 0 Å². The maximum atomic E-state index is 10.5. The van der Waals surface area contributed by atoms with Crippen molar-refractivity contribution in [3.8, 4) is 0 Å². The number of aliphatic carboxylic acids is 1. The van der Waals surface area contributed by atoms with Crippen molar-refractivity contribution in [1.82, 2.24) is 0 Å². The number of carbonyl (C=O) groups excluding carboxylic acids is 1. The lowest BCUT2D eigenvalue weighted by Crippen LogP contribution is -2.24. The van der Waals surface area contributed by atoms with E-state index in [0.717, 1.165) is 12.0 Å². The van der Waals surface area contributed by atoms with Crippen molar-refractivity contribution in [3.63, 3.8) is 0 Å². The molecule has 1 rings (SSSR count). The zero-order chi connectivity index (χ0) is 11.8. The molecule has 2 nitrogen and oxygen atoms in total. The summed E-state index contributed by atoms with van der Waals surface area (Å²) in [5.41, 5.74) is 2.07. The molecule has 0 atom stereocenters. The van der Waals surface area contributed by atoms with E-state index in [4.69, 9.17) is 0 Å². The topological polar surface area (TPSA) is 40.1 Å². The van der Waals surface area contributed by atoms with Gasteiger partial charge >= 0.3 is 0 Å². The maximum Gasteiger partial charge on any atom is 0.0458 e. The van der Waals surface area contributed by atoms with Crippen molar-refractivity contribution in [2.45, 2.75) is 45.4 Å². The van der Waals surface area contributed by atoms with Crippen LogP contribution in [-0.2, 0) is 17.6 Å². The van der Waals surface area contributed by atoms with Crippen LogP contribution in [0.3, 0.4) is 0 Å². The van der Waals surface area contributed by atoms with Crippen LogP contribution < -0.4 is 5.11 Å². The second-order valence-corrected chi connectivity index (χ2v) is 4.18. The molecule has 0 heterocycles. The summed E-state index contributed by atoms with van der Waals surface area (Å²) in [6, 6.07) is 7.80. The van der Waals surface area contributed by atoms with Gasteiger partial charge in [-0.1, -0.05) is 50.5 Å². The molecule has 0 amide bonds. The van der Waals surface area contributed by atoms with Gasteiger partial charge in [0.1, 0.15) is 0 Å². The van der Waals surface area contributed by atoms with E-state index in [9.17, 15) is 9.90 Å². The van der Waals surface area contributed by atoms with Gasteiger partial charge in [-0.2, -0.15) is 0 Å². The van der Waals surface area contributed by atoms with Crippen LogP contribution in [0.25, 0.3) is 0 Å². The van der Waals surface area contributed by atoms with Crippen LogP contribution in [0.5, 0.6) is 0 Å². The van der Waals surface area contributed by atoms with Crippen LogP contribution in [-0.4, -0.2) is 5.97 Å². The number of hydrogen-bond acceptors (Lipinski definition) is 2. The van der Waals surface area contributed by atoms with E-state index >= 15 is 0 Å². The quantitative estimate of drug-likeness (QED) is 0.659. The number of benzene rings is 1. The van der Waals surface area contributed by atoms with Crippen molar-refractivity contribution in [3.05, 3.63) is 35.4 Å². The molecule has 2 heteroatoms. The normalized spacial score (nSPS) is 10.3. The Morgan fingerprint density at radius 1 is 1.19 bits per heavy atom. The largest absolute Gasteiger partial charge is 0.550 e. The fourth-order valence-corrected chi connectivity index (χ4v) is 1.82. The van der Waals surface area contributed by atoms with E-state index in [1.165, 1.54) is 31.2 Å². The minimum Gasteiger partial charge on any atom is -0.550 e. The fraction of sp³-hybridized carbons (Fsp3) is 0.500. The molecular formula is C14H19O2-. The van der Waals surface area contributed by atoms with Crippen LogP contribution in [0.2, 0.25) is 0 Å². The smallest absolute Gasteiger partial charge is 0.0458 e. The Balaban J connectivity index is 2.44. The predicted molar refractivity (Wildman–Crippen MR) is 63.0 cm³/mol. The lowest BCUT2D eigenvalue weighted by atomic mass is 10.0. The van der Waals surface area contributed by atoms with Gasteiger partial charge in [0.2, 0.25) is 0 Å². The van der Waals surface area contributed by atoms with E-state index in [1.54, 1.807) is 0 Å². The van der Waals surface area contributed by atoms with E-state index in [1.807, 2.05) is 18.2 Å². The highest BCUT2D eigenvalue weighted by molar-refractivity contribution is 5.67. The first kappa shape index (κ1) is 12.8. The molecule has 0 saturated heterocycles. The Kier molecular flexibility index (Phi) is 5.62. The van der Waals surface area contributed by atoms with Crippen molar-refractivity contribution < 1.29 is 9.90 Å². The zero-order valence-electron chi connectivity index (χ0n) is 9.87. The van der Waals surface area contributed by atoms with E-state index < -0.39 is 5.97 Å². The van der Waals surface area contributed by atoms with E-state index in [0.29, 0.717) is 0 Å². The molecule has 0 radical (unpaired) electrons. The molecular weight excluding hydrogens is 200 g/mol. The number of rotatable bonds is 7. The number of unbranched alkanes of at least 4 members (excludes halogenated alkanes) is 3. The third-order valence-electron chi connectivity index (χ3n) is 2.66. The molecule has 88 valence electrons. The highest BCUT2D eigenvalue weighted by Gasteiger charge is 1.97. The predicted octanol–water partition coefficient (Wildman–Crippen LogP) is 2.10. The van der Waals surface area contributed by atoms with Crippen LogP contribution in [0, 0.1) is 0 Å². The number of aryl methyl sites for hydroxylation is 1. The van der Waals surface area contributed by atoms with Gasteiger partial charge in [0.25, 0.3) is 0 Å². The van der Waals surface area contributed by atoms with Gasteiger partial charge in [-0.15, -0.1) is 0 Å². The Labute approximate surface area is 97.3 Å². The molecule has 0 aliphatic heterocycles. The molecule has 0 fully saturated rings. The summed E-state index contributed by atoms with van der Waals surface area (Å²) in [7, 11) is 0. The molecule has 0 unspecified atom stereocenters. The highest BCUT2D eigenvalue weighted by Crippen LogP contribution is 2.10. The lowest BCUT2D eigenvalue weighted by Gasteiger charge is -2.06. The minimum atomic E-state index is -1.01. The first-order valence-corrected chi connectivity index (χ1v) is 6.00. The van der Waals surface area contributed by atoms with Crippen LogP contribution in [0.15, 0.2) is 24.3 Å². The SMILES string of the molecule is CCCCCCc1cccc(CC(=O)[O-])c1. The first-order chi connectivity index (χ1) is 7.72. The third kappa shape index (κ3) is 4.96. The van der Waals surface area contributed by atoms with Crippen molar-refractivity contribution in [1.29, 1.82) is 0 Å². The summed E-state index contributed by atoms with van der Waals surface area (Å²) in [6.45, 7) is 2.19. The Hall–Kier alpha value is -1.31. The van der Waals surface area contributed by atoms with Gasteiger partial charge < -0.3 is 9.90 Å². The molecule has 0 aromatic heterocycles. The molecule has 1 aromatic carbocycles. The third-order valence-corrected chi connectivity index (χ3v) is 2.66. The summed E-state index contributed by atoms with van der Waals surface area (Å²) in [5.74, 6) is -1.01. The van der Waals surface area contributed by atoms with Crippen LogP contribution in [0.4, 0.5) is 0 Å². The van der Waals surface area contributed by atoms with Crippen molar-refractivity contribution in [2.75, 3.05) is 0 Å². The van der Waals surface area contributed by atoms with Gasteiger partial charge in [-0.05, 0) is 24.0 Å². The highest BCUT2D eigenvalue weighted by atomic mass is 16.4. The number of carboxylic acid groups (broad SMARTS) is 1. The monoisotopic (exact) mass is 219 g/mol. The standard InChI is InChI=1S/C14H20O2/c1-2-3-4-5-7-12-8-6-9-13(10-12)11-14(15)16/h6,8-10H,2-5,7,11H2,1H3,(H,15,16)/p-1. The van der Waals surface area contributed by atoms with E-state index in [2.05, 4.69) is 13.0 Å². The number of carbonyl (C=O) groups is 1. The maximum absolute atomic E-state index is 10.5. The van der Waals surface area contributed by atoms with Gasteiger partial charge in [0, 0.05) is 12.4 Å². The van der Waals surface area contributed by atoms with Crippen LogP contribution in [0.1, 0.15) is 43.7 Å². The number of carboxylic acids is 1.